The molecule has 0 fully saturated rings. The molecule has 6 heteroatoms. The number of nitrogens with zero attached hydrogens (tertiary/aromatic N) is 2. The van der Waals surface area contributed by atoms with Crippen molar-refractivity contribution in [2.75, 3.05) is 5.32 Å². The van der Waals surface area contributed by atoms with Gasteiger partial charge < -0.3 is 10.6 Å². The number of amides is 2. The molecule has 1 aromatic carbocycles. The van der Waals surface area contributed by atoms with Gasteiger partial charge in [-0.2, -0.15) is 5.10 Å². The summed E-state index contributed by atoms with van der Waals surface area (Å²) in [6.45, 7) is 6.17. The monoisotopic (exact) mass is 300 g/mol. The lowest BCUT2D eigenvalue weighted by Crippen LogP contribution is -2.35. The number of aromatic nitrogens is 2. The van der Waals surface area contributed by atoms with Gasteiger partial charge in [-0.25, -0.2) is 4.68 Å². The molecule has 0 aliphatic carbocycles. The molecule has 0 spiro atoms. The Hall–Kier alpha value is -2.63. The molecule has 0 atom stereocenters. The first-order valence-electron chi connectivity index (χ1n) is 7.16. The number of benzene rings is 1. The normalized spacial score (nSPS) is 10.5. The van der Waals surface area contributed by atoms with Gasteiger partial charge in [0.25, 0.3) is 0 Å². The summed E-state index contributed by atoms with van der Waals surface area (Å²) in [5.41, 5.74) is 2.05. The number of carbonyl (C=O) groups is 2. The molecule has 1 aromatic heterocycles. The van der Waals surface area contributed by atoms with Crippen molar-refractivity contribution in [3.63, 3.8) is 0 Å². The van der Waals surface area contributed by atoms with Crippen LogP contribution in [0.3, 0.4) is 0 Å². The van der Waals surface area contributed by atoms with Gasteiger partial charge in [0, 0.05) is 18.7 Å². The molecule has 2 N–H and O–H groups in total. The summed E-state index contributed by atoms with van der Waals surface area (Å²) in [6, 6.07) is 9.47. The molecule has 6 nitrogen and oxygen atoms in total. The molecule has 1 heterocycles. The van der Waals surface area contributed by atoms with E-state index in [1.165, 1.54) is 0 Å². The Morgan fingerprint density at radius 1 is 1.18 bits per heavy atom. The van der Waals surface area contributed by atoms with Crippen molar-refractivity contribution in [2.45, 2.75) is 33.4 Å². The number of hydrogen-bond donors (Lipinski definition) is 2. The first-order valence-corrected chi connectivity index (χ1v) is 7.16. The summed E-state index contributed by atoms with van der Waals surface area (Å²) >= 11 is 0. The molecule has 0 aliphatic rings. The summed E-state index contributed by atoms with van der Waals surface area (Å²) in [4.78, 5) is 23.8. The molecule has 0 unspecified atom stereocenters. The number of aryl methyl sites for hydroxylation is 1. The lowest BCUT2D eigenvalue weighted by Gasteiger charge is -2.12. The fraction of sp³-hybridized carbons (Fsp3) is 0.312. The van der Waals surface area contributed by atoms with Gasteiger partial charge in [0.15, 0.2) is 0 Å². The van der Waals surface area contributed by atoms with Gasteiger partial charge in [-0.05, 0) is 31.9 Å². The predicted molar refractivity (Wildman–Crippen MR) is 84.3 cm³/mol. The minimum absolute atomic E-state index is 0.0975. The smallest absolute Gasteiger partial charge is 0.314 e. The number of anilines is 1. The van der Waals surface area contributed by atoms with Crippen molar-refractivity contribution in [2.24, 2.45) is 0 Å². The van der Waals surface area contributed by atoms with Crippen LogP contribution >= 0.6 is 0 Å². The predicted octanol–water partition coefficient (Wildman–Crippen LogP) is 2.03. The van der Waals surface area contributed by atoms with E-state index >= 15 is 0 Å². The van der Waals surface area contributed by atoms with Gasteiger partial charge in [0.05, 0.1) is 6.20 Å². The number of rotatable bonds is 4. The third-order valence-corrected chi connectivity index (χ3v) is 3.31. The minimum Gasteiger partial charge on any atom is -0.344 e. The Balaban J connectivity index is 1.94. The fourth-order valence-electron chi connectivity index (χ4n) is 2.06. The lowest BCUT2D eigenvalue weighted by molar-refractivity contribution is -0.136. The van der Waals surface area contributed by atoms with E-state index in [-0.39, 0.29) is 6.04 Å². The Bertz CT molecular complexity index is 676. The second-order valence-corrected chi connectivity index (χ2v) is 5.32. The largest absolute Gasteiger partial charge is 0.344 e. The quantitative estimate of drug-likeness (QED) is 0.848. The average Bonchev–Trinajstić information content (AvgIpc) is 2.94. The standard InChI is InChI=1S/C16H20N4O2/c1-11(2)20-14(8-9-18-20)19-16(22)15(21)17-10-13-7-5-4-6-12(13)3/h4-9,11H,10H2,1-3H3,(H,17,21)(H,19,22). The van der Waals surface area contributed by atoms with Gasteiger partial charge in [-0.15, -0.1) is 0 Å². The zero-order valence-electron chi connectivity index (χ0n) is 13.0. The number of carbonyl (C=O) groups excluding carboxylic acids is 2. The highest BCUT2D eigenvalue weighted by atomic mass is 16.2. The maximum atomic E-state index is 11.9. The summed E-state index contributed by atoms with van der Waals surface area (Å²) in [6.07, 6.45) is 1.58. The van der Waals surface area contributed by atoms with Gasteiger partial charge >= 0.3 is 11.8 Å². The van der Waals surface area contributed by atoms with E-state index in [1.54, 1.807) is 16.9 Å². The molecule has 2 aromatic rings. The van der Waals surface area contributed by atoms with E-state index < -0.39 is 11.8 Å². The Morgan fingerprint density at radius 2 is 1.91 bits per heavy atom. The molecule has 0 radical (unpaired) electrons. The number of nitrogens with one attached hydrogen (secondary N) is 2. The number of hydrogen-bond acceptors (Lipinski definition) is 3. The maximum absolute atomic E-state index is 11.9. The summed E-state index contributed by atoms with van der Waals surface area (Å²) in [5.74, 6) is -0.859. The second-order valence-electron chi connectivity index (χ2n) is 5.32. The SMILES string of the molecule is Cc1ccccc1CNC(=O)C(=O)Nc1ccnn1C(C)C. The van der Waals surface area contributed by atoms with Gasteiger partial charge in [0.2, 0.25) is 0 Å². The average molecular weight is 300 g/mol. The highest BCUT2D eigenvalue weighted by molar-refractivity contribution is 6.39. The Morgan fingerprint density at radius 3 is 2.59 bits per heavy atom. The van der Waals surface area contributed by atoms with Crippen molar-refractivity contribution in [1.29, 1.82) is 0 Å². The summed E-state index contributed by atoms with van der Waals surface area (Å²) < 4.78 is 1.65. The van der Waals surface area contributed by atoms with E-state index in [0.29, 0.717) is 12.4 Å². The first kappa shape index (κ1) is 15.8. The van der Waals surface area contributed by atoms with Crippen molar-refractivity contribution in [3.05, 3.63) is 47.7 Å². The summed E-state index contributed by atoms with van der Waals surface area (Å²) in [5, 5.41) is 9.30. The van der Waals surface area contributed by atoms with Gasteiger partial charge in [-0.3, -0.25) is 9.59 Å². The topological polar surface area (TPSA) is 76.0 Å². The third kappa shape index (κ3) is 3.72. The van der Waals surface area contributed by atoms with Crippen LogP contribution in [0.4, 0.5) is 5.82 Å². The highest BCUT2D eigenvalue weighted by Gasteiger charge is 2.16. The van der Waals surface area contributed by atoms with Crippen LogP contribution in [-0.2, 0) is 16.1 Å². The molecule has 22 heavy (non-hydrogen) atoms. The lowest BCUT2D eigenvalue weighted by atomic mass is 10.1. The molecular formula is C16H20N4O2. The van der Waals surface area contributed by atoms with Crippen LogP contribution < -0.4 is 10.6 Å². The van der Waals surface area contributed by atoms with E-state index in [0.717, 1.165) is 11.1 Å². The van der Waals surface area contributed by atoms with Crippen LogP contribution in [-0.4, -0.2) is 21.6 Å². The third-order valence-electron chi connectivity index (χ3n) is 3.31. The van der Waals surface area contributed by atoms with Crippen LogP contribution in [0.1, 0.15) is 31.0 Å². The van der Waals surface area contributed by atoms with Crippen LogP contribution in [0.2, 0.25) is 0 Å². The van der Waals surface area contributed by atoms with Gasteiger partial charge in [0.1, 0.15) is 5.82 Å². The zero-order valence-corrected chi connectivity index (χ0v) is 13.0. The van der Waals surface area contributed by atoms with Crippen LogP contribution in [0.25, 0.3) is 0 Å². The molecule has 2 rings (SSSR count). The van der Waals surface area contributed by atoms with Crippen LogP contribution in [0.5, 0.6) is 0 Å². The Labute approximate surface area is 129 Å². The molecule has 0 aliphatic heterocycles. The minimum atomic E-state index is -0.698. The second kappa shape index (κ2) is 6.89. The van der Waals surface area contributed by atoms with Crippen LogP contribution in [0.15, 0.2) is 36.5 Å². The highest BCUT2D eigenvalue weighted by Crippen LogP contribution is 2.12. The van der Waals surface area contributed by atoms with Crippen LogP contribution in [0, 0.1) is 6.92 Å². The van der Waals surface area contributed by atoms with Crippen molar-refractivity contribution in [3.8, 4) is 0 Å². The first-order chi connectivity index (χ1) is 10.5. The van der Waals surface area contributed by atoms with Crippen molar-refractivity contribution >= 4 is 17.6 Å². The van der Waals surface area contributed by atoms with Crippen molar-refractivity contribution < 1.29 is 9.59 Å². The molecular weight excluding hydrogens is 280 g/mol. The van der Waals surface area contributed by atoms with Gasteiger partial charge in [-0.1, -0.05) is 24.3 Å². The Kier molecular flexibility index (Phi) is 4.93. The van der Waals surface area contributed by atoms with Crippen molar-refractivity contribution in [1.82, 2.24) is 15.1 Å². The maximum Gasteiger partial charge on any atom is 0.314 e. The zero-order chi connectivity index (χ0) is 16.1. The van der Waals surface area contributed by atoms with E-state index in [1.807, 2.05) is 45.0 Å². The summed E-state index contributed by atoms with van der Waals surface area (Å²) in [7, 11) is 0. The van der Waals surface area contributed by atoms with E-state index in [4.69, 9.17) is 0 Å². The van der Waals surface area contributed by atoms with E-state index in [2.05, 4.69) is 15.7 Å². The molecule has 2 amide bonds. The molecule has 0 bridgehead atoms. The fourth-order valence-corrected chi connectivity index (χ4v) is 2.06. The van der Waals surface area contributed by atoms with E-state index in [9.17, 15) is 9.59 Å². The molecule has 116 valence electrons. The molecule has 0 saturated heterocycles. The molecule has 0 saturated carbocycles.